The Morgan fingerprint density at radius 2 is 1.76 bits per heavy atom. The van der Waals surface area contributed by atoms with Crippen LogP contribution in [0.1, 0.15) is 15.9 Å². The van der Waals surface area contributed by atoms with Gasteiger partial charge in [0.25, 0.3) is 5.91 Å². The molecule has 0 saturated heterocycles. The van der Waals surface area contributed by atoms with Gasteiger partial charge in [0, 0.05) is 26.0 Å². The van der Waals surface area contributed by atoms with E-state index >= 15 is 0 Å². The average molecular weight is 335 g/mol. The Morgan fingerprint density at radius 3 is 2.56 bits per heavy atom. The van der Waals surface area contributed by atoms with Crippen LogP contribution in [0, 0.1) is 0 Å². The first-order valence-electron chi connectivity index (χ1n) is 7.80. The van der Waals surface area contributed by atoms with Crippen LogP contribution in [-0.2, 0) is 16.1 Å². The monoisotopic (exact) mass is 335 g/mol. The SMILES string of the molecule is CN(Cc1ccccc1)C(=O)COC(=O)c1cccc2nccnc12. The Bertz CT molecular complexity index is 891. The lowest BCUT2D eigenvalue weighted by Gasteiger charge is -2.17. The molecule has 25 heavy (non-hydrogen) atoms. The second kappa shape index (κ2) is 7.53. The molecule has 0 aliphatic carbocycles. The van der Waals surface area contributed by atoms with Crippen LogP contribution in [0.4, 0.5) is 0 Å². The molecule has 6 heteroatoms. The zero-order valence-corrected chi connectivity index (χ0v) is 13.8. The highest BCUT2D eigenvalue weighted by Crippen LogP contribution is 2.15. The molecule has 0 fully saturated rings. The van der Waals surface area contributed by atoms with Crippen molar-refractivity contribution in [1.82, 2.24) is 14.9 Å². The predicted molar refractivity (Wildman–Crippen MR) is 92.7 cm³/mol. The number of likely N-dealkylation sites (N-methyl/N-ethyl adjacent to an activating group) is 1. The number of para-hydroxylation sites is 1. The molecule has 2 aromatic carbocycles. The minimum Gasteiger partial charge on any atom is -0.452 e. The predicted octanol–water partition coefficient (Wildman–Crippen LogP) is 2.45. The topological polar surface area (TPSA) is 72.4 Å². The van der Waals surface area contributed by atoms with Gasteiger partial charge in [0.2, 0.25) is 0 Å². The Hall–Kier alpha value is -3.28. The third-order valence-electron chi connectivity index (χ3n) is 3.73. The van der Waals surface area contributed by atoms with Crippen molar-refractivity contribution in [1.29, 1.82) is 0 Å². The third kappa shape index (κ3) is 3.98. The van der Waals surface area contributed by atoms with Crippen molar-refractivity contribution in [2.45, 2.75) is 6.54 Å². The van der Waals surface area contributed by atoms with Crippen LogP contribution in [-0.4, -0.2) is 40.4 Å². The van der Waals surface area contributed by atoms with E-state index in [0.717, 1.165) is 5.56 Å². The number of rotatable bonds is 5. The van der Waals surface area contributed by atoms with Crippen molar-refractivity contribution in [2.75, 3.05) is 13.7 Å². The second-order valence-corrected chi connectivity index (χ2v) is 5.54. The number of aromatic nitrogens is 2. The summed E-state index contributed by atoms with van der Waals surface area (Å²) in [7, 11) is 1.67. The molecule has 0 spiro atoms. The minimum absolute atomic E-state index is 0.275. The van der Waals surface area contributed by atoms with Gasteiger partial charge in [-0.05, 0) is 17.7 Å². The zero-order valence-electron chi connectivity index (χ0n) is 13.8. The molecule has 0 atom stereocenters. The highest BCUT2D eigenvalue weighted by atomic mass is 16.5. The maximum atomic E-state index is 12.3. The van der Waals surface area contributed by atoms with Crippen LogP contribution in [0.25, 0.3) is 11.0 Å². The number of amides is 1. The normalized spacial score (nSPS) is 10.4. The molecule has 126 valence electrons. The van der Waals surface area contributed by atoms with Crippen LogP contribution in [0.5, 0.6) is 0 Å². The van der Waals surface area contributed by atoms with Crippen molar-refractivity contribution in [3.05, 3.63) is 72.1 Å². The molecule has 3 rings (SSSR count). The number of hydrogen-bond donors (Lipinski definition) is 0. The molecule has 0 bridgehead atoms. The quantitative estimate of drug-likeness (QED) is 0.670. The van der Waals surface area contributed by atoms with Crippen molar-refractivity contribution in [3.63, 3.8) is 0 Å². The number of esters is 1. The molecule has 6 nitrogen and oxygen atoms in total. The first-order chi connectivity index (χ1) is 12.1. The lowest BCUT2D eigenvalue weighted by atomic mass is 10.2. The van der Waals surface area contributed by atoms with E-state index in [2.05, 4.69) is 9.97 Å². The van der Waals surface area contributed by atoms with Crippen LogP contribution in [0.2, 0.25) is 0 Å². The number of nitrogens with zero attached hydrogens (tertiary/aromatic N) is 3. The fraction of sp³-hybridized carbons (Fsp3) is 0.158. The van der Waals surface area contributed by atoms with Crippen molar-refractivity contribution < 1.29 is 14.3 Å². The first-order valence-corrected chi connectivity index (χ1v) is 7.80. The lowest BCUT2D eigenvalue weighted by molar-refractivity contribution is -0.133. The molecule has 0 N–H and O–H groups in total. The number of carbonyl (C=O) groups is 2. The van der Waals surface area contributed by atoms with Gasteiger partial charge < -0.3 is 9.64 Å². The van der Waals surface area contributed by atoms with E-state index < -0.39 is 5.97 Å². The summed E-state index contributed by atoms with van der Waals surface area (Å²) in [6.07, 6.45) is 3.07. The Labute approximate surface area is 145 Å². The number of fused-ring (bicyclic) bond motifs is 1. The highest BCUT2D eigenvalue weighted by molar-refractivity contribution is 6.02. The van der Waals surface area contributed by atoms with Gasteiger partial charge in [-0.3, -0.25) is 14.8 Å². The fourth-order valence-electron chi connectivity index (χ4n) is 2.42. The summed E-state index contributed by atoms with van der Waals surface area (Å²) < 4.78 is 5.16. The van der Waals surface area contributed by atoms with Gasteiger partial charge in [-0.1, -0.05) is 36.4 Å². The third-order valence-corrected chi connectivity index (χ3v) is 3.73. The summed E-state index contributed by atoms with van der Waals surface area (Å²) in [6, 6.07) is 14.7. The summed E-state index contributed by atoms with van der Waals surface area (Å²) in [6.45, 7) is 0.135. The number of benzene rings is 2. The standard InChI is InChI=1S/C19H17N3O3/c1-22(12-14-6-3-2-4-7-14)17(23)13-25-19(24)15-8-5-9-16-18(15)21-11-10-20-16/h2-11H,12-13H2,1H3. The highest BCUT2D eigenvalue weighted by Gasteiger charge is 2.16. The van der Waals surface area contributed by atoms with E-state index in [1.165, 1.54) is 11.1 Å². The average Bonchev–Trinajstić information content (AvgIpc) is 2.66. The van der Waals surface area contributed by atoms with E-state index in [-0.39, 0.29) is 12.5 Å². The van der Waals surface area contributed by atoms with E-state index in [0.29, 0.717) is 23.1 Å². The lowest BCUT2D eigenvalue weighted by Crippen LogP contribution is -2.30. The minimum atomic E-state index is -0.590. The summed E-state index contributed by atoms with van der Waals surface area (Å²) in [5.74, 6) is -0.865. The molecular weight excluding hydrogens is 318 g/mol. The van der Waals surface area contributed by atoms with Gasteiger partial charge in [0.1, 0.15) is 5.52 Å². The van der Waals surface area contributed by atoms with E-state index in [9.17, 15) is 9.59 Å². The molecule has 0 saturated carbocycles. The van der Waals surface area contributed by atoms with Gasteiger partial charge >= 0.3 is 5.97 Å². The smallest absolute Gasteiger partial charge is 0.340 e. The molecule has 1 heterocycles. The molecule has 0 aliphatic heterocycles. The van der Waals surface area contributed by atoms with Crippen LogP contribution in [0.3, 0.4) is 0 Å². The van der Waals surface area contributed by atoms with E-state index in [4.69, 9.17) is 4.74 Å². The van der Waals surface area contributed by atoms with E-state index in [1.807, 2.05) is 30.3 Å². The van der Waals surface area contributed by atoms with Gasteiger partial charge in [-0.25, -0.2) is 4.79 Å². The zero-order chi connectivity index (χ0) is 17.6. The number of hydrogen-bond acceptors (Lipinski definition) is 5. The van der Waals surface area contributed by atoms with Crippen molar-refractivity contribution >= 4 is 22.9 Å². The molecular formula is C19H17N3O3. The Morgan fingerprint density at radius 1 is 1.00 bits per heavy atom. The van der Waals surface area contributed by atoms with Crippen LogP contribution in [0.15, 0.2) is 60.9 Å². The van der Waals surface area contributed by atoms with E-state index in [1.54, 1.807) is 31.4 Å². The molecule has 3 aromatic rings. The van der Waals surface area contributed by atoms with Gasteiger partial charge in [0.15, 0.2) is 6.61 Å². The maximum absolute atomic E-state index is 12.3. The second-order valence-electron chi connectivity index (χ2n) is 5.54. The van der Waals surface area contributed by atoms with Crippen LogP contribution < -0.4 is 0 Å². The van der Waals surface area contributed by atoms with Gasteiger partial charge in [0.05, 0.1) is 11.1 Å². The molecule has 0 unspecified atom stereocenters. The summed E-state index contributed by atoms with van der Waals surface area (Å²) in [5.41, 5.74) is 2.36. The van der Waals surface area contributed by atoms with Gasteiger partial charge in [-0.2, -0.15) is 0 Å². The molecule has 0 radical (unpaired) electrons. The molecule has 0 aliphatic rings. The van der Waals surface area contributed by atoms with Crippen molar-refractivity contribution in [3.8, 4) is 0 Å². The summed E-state index contributed by atoms with van der Waals surface area (Å²) in [4.78, 5) is 34.3. The molecule has 1 amide bonds. The Balaban J connectivity index is 1.62. The van der Waals surface area contributed by atoms with Crippen LogP contribution >= 0.6 is 0 Å². The Kier molecular flexibility index (Phi) is 4.99. The fourth-order valence-corrected chi connectivity index (χ4v) is 2.42. The number of carbonyl (C=O) groups excluding carboxylic acids is 2. The molecule has 1 aromatic heterocycles. The summed E-state index contributed by atoms with van der Waals surface area (Å²) in [5, 5.41) is 0. The largest absolute Gasteiger partial charge is 0.452 e. The van der Waals surface area contributed by atoms with Crippen molar-refractivity contribution in [2.24, 2.45) is 0 Å². The van der Waals surface area contributed by atoms with Gasteiger partial charge in [-0.15, -0.1) is 0 Å². The summed E-state index contributed by atoms with van der Waals surface area (Å²) >= 11 is 0. The first kappa shape index (κ1) is 16.6. The maximum Gasteiger partial charge on any atom is 0.340 e. The number of ether oxygens (including phenoxy) is 1.